The maximum Gasteiger partial charge on any atom is 0.105 e. The molecule has 0 saturated heterocycles. The lowest BCUT2D eigenvalue weighted by Gasteiger charge is -2.09. The van der Waals surface area contributed by atoms with Gasteiger partial charge in [-0.3, -0.25) is 0 Å². The molecule has 0 amide bonds. The van der Waals surface area contributed by atoms with Crippen molar-refractivity contribution in [3.05, 3.63) is 17.7 Å². The van der Waals surface area contributed by atoms with Gasteiger partial charge in [-0.15, -0.1) is 0 Å². The van der Waals surface area contributed by atoms with Gasteiger partial charge in [-0.25, -0.2) is 4.98 Å². The van der Waals surface area contributed by atoms with Gasteiger partial charge >= 0.3 is 0 Å². The van der Waals surface area contributed by atoms with Crippen molar-refractivity contribution < 1.29 is 0 Å². The first-order valence-electron chi connectivity index (χ1n) is 4.18. The summed E-state index contributed by atoms with van der Waals surface area (Å²) in [5.41, 5.74) is 1.34. The summed E-state index contributed by atoms with van der Waals surface area (Å²) in [6.45, 7) is 9.63. The topological polar surface area (TPSA) is 17.8 Å². The fourth-order valence-corrected chi connectivity index (χ4v) is 1.36. The highest BCUT2D eigenvalue weighted by Crippen LogP contribution is 2.15. The van der Waals surface area contributed by atoms with Gasteiger partial charge in [0.1, 0.15) is 5.82 Å². The summed E-state index contributed by atoms with van der Waals surface area (Å²) < 4.78 is 2.25. The summed E-state index contributed by atoms with van der Waals surface area (Å²) in [7, 11) is 0. The van der Waals surface area contributed by atoms with Crippen molar-refractivity contribution in [2.75, 3.05) is 0 Å². The molecule has 62 valence electrons. The predicted molar refractivity (Wildman–Crippen MR) is 46.7 cm³/mol. The molecule has 0 aliphatic heterocycles. The average molecular weight is 152 g/mol. The fraction of sp³-hybridized carbons (Fsp3) is 0.667. The highest BCUT2D eigenvalue weighted by atomic mass is 15.1. The monoisotopic (exact) mass is 152 g/mol. The second kappa shape index (κ2) is 3.07. The number of aromatic nitrogens is 2. The first-order chi connectivity index (χ1) is 5.16. The Morgan fingerprint density at radius 1 is 1.55 bits per heavy atom. The summed E-state index contributed by atoms with van der Waals surface area (Å²) >= 11 is 0. The maximum absolute atomic E-state index is 4.27. The molecular formula is C9H16N2. The van der Waals surface area contributed by atoms with Crippen LogP contribution >= 0.6 is 0 Å². The molecule has 0 N–H and O–H groups in total. The molecule has 2 nitrogen and oxygen atoms in total. The fourth-order valence-electron chi connectivity index (χ4n) is 1.36. The van der Waals surface area contributed by atoms with Gasteiger partial charge in [0.25, 0.3) is 0 Å². The van der Waals surface area contributed by atoms with E-state index in [-0.39, 0.29) is 0 Å². The number of rotatable bonds is 2. The molecular weight excluding hydrogens is 136 g/mol. The van der Waals surface area contributed by atoms with E-state index in [1.165, 1.54) is 5.69 Å². The lowest BCUT2D eigenvalue weighted by atomic mass is 10.1. The van der Waals surface area contributed by atoms with Crippen LogP contribution in [0.2, 0.25) is 0 Å². The van der Waals surface area contributed by atoms with Gasteiger partial charge in [-0.2, -0.15) is 0 Å². The van der Waals surface area contributed by atoms with Crippen LogP contribution in [0, 0.1) is 6.92 Å². The Hall–Kier alpha value is -0.790. The molecule has 0 unspecified atom stereocenters. The van der Waals surface area contributed by atoms with Crippen molar-refractivity contribution in [3.8, 4) is 0 Å². The van der Waals surface area contributed by atoms with Crippen LogP contribution < -0.4 is 0 Å². The third-order valence-corrected chi connectivity index (χ3v) is 1.99. The first-order valence-corrected chi connectivity index (χ1v) is 4.18. The third kappa shape index (κ3) is 1.44. The summed E-state index contributed by atoms with van der Waals surface area (Å²) in [4.78, 5) is 4.27. The molecule has 0 spiro atoms. The third-order valence-electron chi connectivity index (χ3n) is 1.99. The minimum Gasteiger partial charge on any atom is -0.332 e. The van der Waals surface area contributed by atoms with Gasteiger partial charge in [-0.1, -0.05) is 13.8 Å². The molecule has 2 heteroatoms. The molecule has 0 atom stereocenters. The first kappa shape index (κ1) is 8.31. The number of hydrogen-bond acceptors (Lipinski definition) is 1. The van der Waals surface area contributed by atoms with Crippen LogP contribution in [0.15, 0.2) is 6.20 Å². The number of imidazole rings is 1. The lowest BCUT2D eigenvalue weighted by molar-refractivity contribution is 0.653. The zero-order valence-electron chi connectivity index (χ0n) is 7.76. The molecule has 0 radical (unpaired) electrons. The Bertz CT molecular complexity index is 236. The Morgan fingerprint density at radius 2 is 2.18 bits per heavy atom. The summed E-state index contributed by atoms with van der Waals surface area (Å²) in [5, 5.41) is 0. The molecule has 1 heterocycles. The largest absolute Gasteiger partial charge is 0.332 e. The van der Waals surface area contributed by atoms with Crippen LogP contribution in [0.3, 0.4) is 0 Å². The Kier molecular flexibility index (Phi) is 2.32. The van der Waals surface area contributed by atoms with Crippen molar-refractivity contribution in [1.82, 2.24) is 9.55 Å². The van der Waals surface area contributed by atoms with Gasteiger partial charge in [0.2, 0.25) is 0 Å². The molecule has 1 aromatic heterocycles. The number of aryl methyl sites for hydroxylation is 1. The Balaban J connectivity index is 3.05. The van der Waals surface area contributed by atoms with Crippen LogP contribution in [-0.2, 0) is 6.54 Å². The Labute approximate surface area is 68.3 Å². The number of nitrogens with zero attached hydrogens (tertiary/aromatic N) is 2. The van der Waals surface area contributed by atoms with Gasteiger partial charge in [-0.05, 0) is 19.8 Å². The molecule has 0 aliphatic rings. The summed E-state index contributed by atoms with van der Waals surface area (Å²) in [6.07, 6.45) is 1.98. The van der Waals surface area contributed by atoms with E-state index in [0.717, 1.165) is 12.4 Å². The lowest BCUT2D eigenvalue weighted by Crippen LogP contribution is -2.03. The van der Waals surface area contributed by atoms with Gasteiger partial charge < -0.3 is 4.57 Å². The van der Waals surface area contributed by atoms with Crippen LogP contribution in [0.25, 0.3) is 0 Å². The second-order valence-electron chi connectivity index (χ2n) is 3.13. The second-order valence-corrected chi connectivity index (χ2v) is 3.13. The molecule has 0 saturated carbocycles. The summed E-state index contributed by atoms with van der Waals surface area (Å²) in [5.74, 6) is 1.70. The average Bonchev–Trinajstić information content (AvgIpc) is 2.30. The molecule has 0 aromatic carbocycles. The van der Waals surface area contributed by atoms with Crippen molar-refractivity contribution in [1.29, 1.82) is 0 Å². The Morgan fingerprint density at radius 3 is 2.55 bits per heavy atom. The SMILES string of the molecule is CCn1c(C(C)C)cnc1C. The van der Waals surface area contributed by atoms with Gasteiger partial charge in [0, 0.05) is 18.4 Å². The van der Waals surface area contributed by atoms with Crippen LogP contribution in [0.5, 0.6) is 0 Å². The van der Waals surface area contributed by atoms with E-state index in [2.05, 4.69) is 37.2 Å². The highest BCUT2D eigenvalue weighted by Gasteiger charge is 2.07. The predicted octanol–water partition coefficient (Wildman–Crippen LogP) is 2.33. The molecule has 0 fully saturated rings. The van der Waals surface area contributed by atoms with E-state index >= 15 is 0 Å². The standard InChI is InChI=1S/C9H16N2/c1-5-11-8(4)10-6-9(11)7(2)3/h6-7H,5H2,1-4H3. The molecule has 1 aromatic rings. The normalized spacial score (nSPS) is 11.0. The van der Waals surface area contributed by atoms with E-state index < -0.39 is 0 Å². The van der Waals surface area contributed by atoms with E-state index in [1.54, 1.807) is 0 Å². The smallest absolute Gasteiger partial charge is 0.105 e. The summed E-state index contributed by atoms with van der Waals surface area (Å²) in [6, 6.07) is 0. The maximum atomic E-state index is 4.27. The van der Waals surface area contributed by atoms with Crippen molar-refractivity contribution in [2.24, 2.45) is 0 Å². The van der Waals surface area contributed by atoms with Crippen LogP contribution in [-0.4, -0.2) is 9.55 Å². The van der Waals surface area contributed by atoms with Gasteiger partial charge in [0.15, 0.2) is 0 Å². The van der Waals surface area contributed by atoms with E-state index in [1.807, 2.05) is 6.20 Å². The van der Waals surface area contributed by atoms with E-state index in [4.69, 9.17) is 0 Å². The molecule has 0 bridgehead atoms. The van der Waals surface area contributed by atoms with E-state index in [0.29, 0.717) is 5.92 Å². The van der Waals surface area contributed by atoms with Crippen LogP contribution in [0.4, 0.5) is 0 Å². The van der Waals surface area contributed by atoms with Crippen LogP contribution in [0.1, 0.15) is 38.2 Å². The minimum atomic E-state index is 0.580. The zero-order chi connectivity index (χ0) is 8.43. The molecule has 0 aliphatic carbocycles. The molecule has 11 heavy (non-hydrogen) atoms. The minimum absolute atomic E-state index is 0.580. The zero-order valence-corrected chi connectivity index (χ0v) is 7.76. The van der Waals surface area contributed by atoms with Crippen molar-refractivity contribution in [2.45, 2.75) is 40.2 Å². The highest BCUT2D eigenvalue weighted by molar-refractivity contribution is 5.08. The van der Waals surface area contributed by atoms with Crippen molar-refractivity contribution in [3.63, 3.8) is 0 Å². The quantitative estimate of drug-likeness (QED) is 0.636. The number of hydrogen-bond donors (Lipinski definition) is 0. The van der Waals surface area contributed by atoms with Crippen molar-refractivity contribution >= 4 is 0 Å². The molecule has 1 rings (SSSR count). The van der Waals surface area contributed by atoms with Gasteiger partial charge in [0.05, 0.1) is 0 Å². The van der Waals surface area contributed by atoms with E-state index in [9.17, 15) is 0 Å².